The highest BCUT2D eigenvalue weighted by Crippen LogP contribution is 1.86. The largest absolute Gasteiger partial charge is 0.395 e. The van der Waals surface area contributed by atoms with E-state index in [2.05, 4.69) is 10.7 Å². The predicted octanol–water partition coefficient (Wildman–Crippen LogP) is -1.60. The van der Waals surface area contributed by atoms with E-state index in [1.165, 1.54) is 0 Å². The maximum Gasteiger partial charge on any atom is 0.0587 e. The summed E-state index contributed by atoms with van der Waals surface area (Å²) in [6.07, 6.45) is 0. The molecule has 1 rings (SSSR count). The Hall–Kier alpha value is -0.160. The molecule has 0 amide bonds. The van der Waals surface area contributed by atoms with Crippen LogP contribution in [0.1, 0.15) is 0 Å². The molecule has 1 radical (unpaired) electrons. The van der Waals surface area contributed by atoms with Gasteiger partial charge in [0, 0.05) is 26.2 Å². The molecule has 4 heteroatoms. The lowest BCUT2D eigenvalue weighted by molar-refractivity contribution is 0.139. The minimum absolute atomic E-state index is 0.157. The van der Waals surface area contributed by atoms with Crippen LogP contribution in [0.5, 0.6) is 0 Å². The highest BCUT2D eigenvalue weighted by atomic mass is 16.3. The van der Waals surface area contributed by atoms with Crippen molar-refractivity contribution in [1.82, 2.24) is 15.8 Å². The second-order valence-electron chi connectivity index (χ2n) is 2.29. The second-order valence-corrected chi connectivity index (χ2v) is 2.29. The Labute approximate surface area is 61.2 Å². The molecule has 1 heterocycles. The van der Waals surface area contributed by atoms with Gasteiger partial charge in [-0.1, -0.05) is 0 Å². The number of aliphatic hydroxyl groups excluding tert-OH is 1. The number of piperazine rings is 1. The van der Waals surface area contributed by atoms with Crippen molar-refractivity contribution in [3.8, 4) is 0 Å². The molecule has 0 aliphatic carbocycles. The monoisotopic (exact) mass is 144 g/mol. The van der Waals surface area contributed by atoms with E-state index in [9.17, 15) is 0 Å². The van der Waals surface area contributed by atoms with Crippen molar-refractivity contribution in [2.75, 3.05) is 39.3 Å². The third-order valence-electron chi connectivity index (χ3n) is 1.49. The fourth-order valence-corrected chi connectivity index (χ4v) is 0.981. The van der Waals surface area contributed by atoms with Gasteiger partial charge in [0.1, 0.15) is 0 Å². The van der Waals surface area contributed by atoms with E-state index < -0.39 is 0 Å². The maximum atomic E-state index is 8.46. The standard InChI is InChI=1S/C6H14N3O/c10-6-3-8-9-4-1-7-2-5-9/h7,10H,1-6H2. The third kappa shape index (κ3) is 2.62. The minimum atomic E-state index is 0.157. The summed E-state index contributed by atoms with van der Waals surface area (Å²) in [5.74, 6) is 0. The molecule has 0 bridgehead atoms. The minimum Gasteiger partial charge on any atom is -0.395 e. The second kappa shape index (κ2) is 4.62. The predicted molar refractivity (Wildman–Crippen MR) is 38.5 cm³/mol. The Morgan fingerprint density at radius 3 is 2.70 bits per heavy atom. The van der Waals surface area contributed by atoms with Crippen LogP contribution in [0.2, 0.25) is 0 Å². The molecule has 0 spiro atoms. The molecule has 0 unspecified atom stereocenters. The molecular weight excluding hydrogens is 130 g/mol. The van der Waals surface area contributed by atoms with Crippen LogP contribution in [0.25, 0.3) is 0 Å². The summed E-state index contributed by atoms with van der Waals surface area (Å²) in [5.41, 5.74) is 4.14. The number of nitrogens with one attached hydrogen (secondary N) is 1. The summed E-state index contributed by atoms with van der Waals surface area (Å²) >= 11 is 0. The molecule has 1 aliphatic rings. The fourth-order valence-electron chi connectivity index (χ4n) is 0.981. The zero-order valence-corrected chi connectivity index (χ0v) is 6.08. The van der Waals surface area contributed by atoms with Crippen molar-refractivity contribution in [1.29, 1.82) is 0 Å². The van der Waals surface area contributed by atoms with Crippen LogP contribution < -0.4 is 10.7 Å². The zero-order chi connectivity index (χ0) is 7.23. The first-order chi connectivity index (χ1) is 4.93. The number of aliphatic hydroxyl groups is 1. The first kappa shape index (κ1) is 7.94. The van der Waals surface area contributed by atoms with Crippen molar-refractivity contribution in [2.45, 2.75) is 0 Å². The van der Waals surface area contributed by atoms with E-state index in [0.717, 1.165) is 26.2 Å². The topological polar surface area (TPSA) is 49.6 Å². The van der Waals surface area contributed by atoms with Crippen molar-refractivity contribution in [3.05, 3.63) is 0 Å². The highest BCUT2D eigenvalue weighted by Gasteiger charge is 2.08. The number of hydrogen-bond donors (Lipinski definition) is 2. The summed E-state index contributed by atoms with van der Waals surface area (Å²) < 4.78 is 0. The Bertz CT molecular complexity index is 83.1. The first-order valence-corrected chi connectivity index (χ1v) is 3.67. The molecule has 0 atom stereocenters. The molecule has 59 valence electrons. The van der Waals surface area contributed by atoms with Gasteiger partial charge in [0.25, 0.3) is 0 Å². The SMILES string of the molecule is OCC[N]N1CCNCC1. The Kier molecular flexibility index (Phi) is 3.67. The molecule has 1 fully saturated rings. The molecule has 0 aromatic heterocycles. The van der Waals surface area contributed by atoms with Gasteiger partial charge in [-0.05, 0) is 0 Å². The molecular formula is C6H14N3O. The Morgan fingerprint density at radius 2 is 2.10 bits per heavy atom. The van der Waals surface area contributed by atoms with Crippen LogP contribution in [-0.4, -0.2) is 49.4 Å². The number of rotatable bonds is 3. The highest BCUT2D eigenvalue weighted by molar-refractivity contribution is 4.63. The van der Waals surface area contributed by atoms with E-state index in [0.29, 0.717) is 6.54 Å². The van der Waals surface area contributed by atoms with Gasteiger partial charge in [0.2, 0.25) is 0 Å². The summed E-state index contributed by atoms with van der Waals surface area (Å²) in [7, 11) is 0. The number of nitrogens with zero attached hydrogens (tertiary/aromatic N) is 2. The van der Waals surface area contributed by atoms with Crippen molar-refractivity contribution in [2.24, 2.45) is 0 Å². The average Bonchev–Trinajstić information content (AvgIpc) is 2.03. The fraction of sp³-hybridized carbons (Fsp3) is 1.00. The van der Waals surface area contributed by atoms with E-state index in [4.69, 9.17) is 5.11 Å². The van der Waals surface area contributed by atoms with Gasteiger partial charge in [-0.15, -0.1) is 0 Å². The van der Waals surface area contributed by atoms with Crippen LogP contribution >= 0.6 is 0 Å². The van der Waals surface area contributed by atoms with Gasteiger partial charge in [0.05, 0.1) is 13.2 Å². The molecule has 0 aromatic rings. The van der Waals surface area contributed by atoms with E-state index in [1.807, 2.05) is 5.01 Å². The molecule has 4 nitrogen and oxygen atoms in total. The van der Waals surface area contributed by atoms with Crippen LogP contribution in [0, 0.1) is 0 Å². The van der Waals surface area contributed by atoms with E-state index in [1.54, 1.807) is 0 Å². The van der Waals surface area contributed by atoms with Crippen LogP contribution in [0.15, 0.2) is 0 Å². The lowest BCUT2D eigenvalue weighted by Crippen LogP contribution is -2.47. The first-order valence-electron chi connectivity index (χ1n) is 3.67. The summed E-state index contributed by atoms with van der Waals surface area (Å²) in [6.45, 7) is 4.66. The van der Waals surface area contributed by atoms with Crippen LogP contribution in [0.4, 0.5) is 0 Å². The van der Waals surface area contributed by atoms with Gasteiger partial charge in [-0.3, -0.25) is 0 Å². The Morgan fingerprint density at radius 1 is 1.40 bits per heavy atom. The molecule has 1 aliphatic heterocycles. The summed E-state index contributed by atoms with van der Waals surface area (Å²) in [4.78, 5) is 0. The van der Waals surface area contributed by atoms with Crippen molar-refractivity contribution >= 4 is 0 Å². The molecule has 2 N–H and O–H groups in total. The number of hydrogen-bond acceptors (Lipinski definition) is 3. The summed E-state index contributed by atoms with van der Waals surface area (Å²) in [6, 6.07) is 0. The zero-order valence-electron chi connectivity index (χ0n) is 6.08. The molecule has 0 aromatic carbocycles. The molecule has 1 saturated heterocycles. The van der Waals surface area contributed by atoms with Crippen molar-refractivity contribution < 1.29 is 5.11 Å². The average molecular weight is 144 g/mol. The van der Waals surface area contributed by atoms with Crippen molar-refractivity contribution in [3.63, 3.8) is 0 Å². The quantitative estimate of drug-likeness (QED) is 0.502. The Balaban J connectivity index is 2.02. The van der Waals surface area contributed by atoms with Gasteiger partial charge < -0.3 is 10.4 Å². The van der Waals surface area contributed by atoms with Crippen LogP contribution in [-0.2, 0) is 0 Å². The van der Waals surface area contributed by atoms with E-state index in [-0.39, 0.29) is 6.61 Å². The van der Waals surface area contributed by atoms with E-state index >= 15 is 0 Å². The summed E-state index contributed by atoms with van der Waals surface area (Å²) in [5, 5.41) is 13.7. The van der Waals surface area contributed by atoms with Gasteiger partial charge in [0.15, 0.2) is 0 Å². The molecule has 10 heavy (non-hydrogen) atoms. The normalized spacial score (nSPS) is 21.3. The van der Waals surface area contributed by atoms with Gasteiger partial charge in [-0.2, -0.15) is 5.43 Å². The van der Waals surface area contributed by atoms with Gasteiger partial charge in [-0.25, -0.2) is 5.01 Å². The lowest BCUT2D eigenvalue weighted by Gasteiger charge is -2.25. The van der Waals surface area contributed by atoms with Gasteiger partial charge >= 0.3 is 0 Å². The van der Waals surface area contributed by atoms with Crippen LogP contribution in [0.3, 0.4) is 0 Å². The smallest absolute Gasteiger partial charge is 0.0587 e. The maximum absolute atomic E-state index is 8.46. The molecule has 0 saturated carbocycles. The third-order valence-corrected chi connectivity index (χ3v) is 1.49. The lowest BCUT2D eigenvalue weighted by atomic mass is 10.4.